The number of phenolic OH excluding ortho intramolecular Hbond substituents is 19. The van der Waals surface area contributed by atoms with E-state index in [1.165, 1.54) is 0 Å². The van der Waals surface area contributed by atoms with Crippen molar-refractivity contribution in [2.24, 2.45) is 0 Å². The first-order chi connectivity index (χ1) is 65.6. The molecule has 0 saturated heterocycles. The van der Waals surface area contributed by atoms with E-state index in [0.29, 0.717) is 103 Å². The summed E-state index contributed by atoms with van der Waals surface area (Å²) in [5.41, 5.74) is 19.6. The SMILES string of the molecule is Oc1ccc(Cc2cc(Cc3ccc(O)cc3)c3c(Cc4ccc(O)cc4)cc(Cc4ccc(O)cc4)c(O)c3c2O)cc1.Oc1ccc(Cc2cc(Cc3ccc(O)cc3)c3c(Cc4ccc(O)cc4)ccc(O)c3c2O)cc1.Oc1ccc(Cc2cc3cc(O)ccc3c(Cc3ccc(O)cc3)c2O)cc1.Oc1ccc(Cc2ccc(O)c3c(O)ccc(Cc4ccc(O)cc4)c23)cc1. The van der Waals surface area contributed by atoms with Crippen LogP contribution in [0.5, 0.6) is 109 Å². The molecule has 19 aromatic carbocycles. The van der Waals surface area contributed by atoms with Crippen LogP contribution < -0.4 is 0 Å². The molecule has 0 aliphatic carbocycles. The van der Waals surface area contributed by atoms with Crippen LogP contribution in [0.4, 0.5) is 0 Å². The predicted molar refractivity (Wildman–Crippen MR) is 529 cm³/mol. The van der Waals surface area contributed by atoms with E-state index in [2.05, 4.69) is 0 Å². The fraction of sp³-hybridized carbons (Fsp3) is 0.0940. The van der Waals surface area contributed by atoms with E-state index in [1.807, 2.05) is 146 Å². The Hall–Kier alpha value is -17.6. The summed E-state index contributed by atoms with van der Waals surface area (Å²) < 4.78 is 0. The summed E-state index contributed by atoms with van der Waals surface area (Å²) in [6, 6.07) is 99.5. The predicted octanol–water partition coefficient (Wildman–Crippen LogP) is 23.3. The molecule has 0 aliphatic rings. The van der Waals surface area contributed by atoms with E-state index in [4.69, 9.17) is 0 Å². The number of benzene rings is 19. The van der Waals surface area contributed by atoms with E-state index in [9.17, 15) is 97.0 Å². The van der Waals surface area contributed by atoms with Crippen molar-refractivity contribution in [2.45, 2.75) is 70.6 Å². The maximum atomic E-state index is 11.8. The fourth-order valence-electron chi connectivity index (χ4n) is 17.5. The Balaban J connectivity index is 0.000000134. The van der Waals surface area contributed by atoms with Gasteiger partial charge in [-0.05, 0) is 352 Å². The first kappa shape index (κ1) is 91.7. The van der Waals surface area contributed by atoms with Crippen molar-refractivity contribution >= 4 is 43.1 Å². The molecule has 19 heteroatoms. The minimum Gasteiger partial charge on any atom is -0.508 e. The van der Waals surface area contributed by atoms with Gasteiger partial charge in [-0.25, -0.2) is 0 Å². The lowest BCUT2D eigenvalue weighted by Crippen LogP contribution is -2.02. The molecule has 0 saturated carbocycles. The van der Waals surface area contributed by atoms with Gasteiger partial charge in [-0.2, -0.15) is 0 Å². The van der Waals surface area contributed by atoms with Gasteiger partial charge in [0.1, 0.15) is 109 Å². The van der Waals surface area contributed by atoms with Crippen molar-refractivity contribution in [1.29, 1.82) is 0 Å². The lowest BCUT2D eigenvalue weighted by atomic mass is 9.85. The van der Waals surface area contributed by atoms with Crippen LogP contribution in [0.25, 0.3) is 43.1 Å². The summed E-state index contributed by atoms with van der Waals surface area (Å²) in [6.45, 7) is 0. The summed E-state index contributed by atoms with van der Waals surface area (Å²) in [5, 5.41) is 199. The first-order valence-corrected chi connectivity index (χ1v) is 44.1. The normalized spacial score (nSPS) is 11.1. The smallest absolute Gasteiger partial charge is 0.130 e. The summed E-state index contributed by atoms with van der Waals surface area (Å²) in [4.78, 5) is 0. The highest BCUT2D eigenvalue weighted by Crippen LogP contribution is 2.48. The third-order valence-corrected chi connectivity index (χ3v) is 24.3. The minimum absolute atomic E-state index is 0.00327. The molecule has 19 N–H and O–H groups in total. The van der Waals surface area contributed by atoms with E-state index < -0.39 is 0 Å². The Labute approximate surface area is 783 Å². The molecular formula is C117H98O19. The van der Waals surface area contributed by atoms with Crippen molar-refractivity contribution in [3.8, 4) is 109 Å². The van der Waals surface area contributed by atoms with Gasteiger partial charge in [-0.1, -0.05) is 176 Å². The van der Waals surface area contributed by atoms with E-state index >= 15 is 0 Å². The first-order valence-electron chi connectivity index (χ1n) is 44.1. The zero-order valence-electron chi connectivity index (χ0n) is 73.7. The average Bonchev–Trinajstić information content (AvgIpc) is 0.737. The van der Waals surface area contributed by atoms with Gasteiger partial charge in [0.15, 0.2) is 0 Å². The van der Waals surface area contributed by atoms with Crippen molar-refractivity contribution < 1.29 is 97.0 Å². The molecule has 680 valence electrons. The molecule has 0 bridgehead atoms. The summed E-state index contributed by atoms with van der Waals surface area (Å²) >= 11 is 0. The molecule has 19 rings (SSSR count). The molecule has 0 heterocycles. The number of hydrogen-bond donors (Lipinski definition) is 19. The van der Waals surface area contributed by atoms with Crippen molar-refractivity contribution in [3.63, 3.8) is 0 Å². The van der Waals surface area contributed by atoms with Gasteiger partial charge in [-0.3, -0.25) is 0 Å². The Kier molecular flexibility index (Phi) is 27.5. The van der Waals surface area contributed by atoms with Crippen LogP contribution in [-0.2, 0) is 70.6 Å². The van der Waals surface area contributed by atoms with Gasteiger partial charge in [0, 0.05) is 37.7 Å². The van der Waals surface area contributed by atoms with Gasteiger partial charge in [0.25, 0.3) is 0 Å². The van der Waals surface area contributed by atoms with Crippen LogP contribution in [0.3, 0.4) is 0 Å². The Bertz CT molecular complexity index is 7250. The second-order valence-electron chi connectivity index (χ2n) is 34.2. The van der Waals surface area contributed by atoms with Gasteiger partial charge in [-0.15, -0.1) is 0 Å². The summed E-state index contributed by atoms with van der Waals surface area (Å²) in [5.74, 6) is 2.48. The van der Waals surface area contributed by atoms with Gasteiger partial charge < -0.3 is 97.0 Å². The van der Waals surface area contributed by atoms with Crippen LogP contribution in [0.15, 0.2) is 346 Å². The molecule has 19 aromatic rings. The second-order valence-corrected chi connectivity index (χ2v) is 34.2. The highest BCUT2D eigenvalue weighted by molar-refractivity contribution is 6.02. The van der Waals surface area contributed by atoms with E-state index in [1.54, 1.807) is 200 Å². The average molecular weight is 1810 g/mol. The van der Waals surface area contributed by atoms with Crippen LogP contribution in [0, 0.1) is 0 Å². The maximum absolute atomic E-state index is 11.8. The lowest BCUT2D eigenvalue weighted by Gasteiger charge is -2.20. The molecule has 0 atom stereocenters. The monoisotopic (exact) mass is 1810 g/mol. The fourth-order valence-corrected chi connectivity index (χ4v) is 17.5. The quantitative estimate of drug-likeness (QED) is 0.0300. The molecule has 0 unspecified atom stereocenters. The summed E-state index contributed by atoms with van der Waals surface area (Å²) in [6.07, 6.45) is 5.43. The molecule has 0 radical (unpaired) electrons. The zero-order chi connectivity index (χ0) is 95.4. The van der Waals surface area contributed by atoms with Crippen molar-refractivity contribution in [3.05, 3.63) is 468 Å². The largest absolute Gasteiger partial charge is 0.508 e. The third-order valence-electron chi connectivity index (χ3n) is 24.3. The molecule has 0 aromatic heterocycles. The number of phenols is 19. The Morgan fingerprint density at radius 2 is 0.316 bits per heavy atom. The van der Waals surface area contributed by atoms with Crippen LogP contribution in [0.2, 0.25) is 0 Å². The number of rotatable bonds is 22. The van der Waals surface area contributed by atoms with Crippen LogP contribution >= 0.6 is 0 Å². The molecule has 0 spiro atoms. The van der Waals surface area contributed by atoms with Gasteiger partial charge >= 0.3 is 0 Å². The Morgan fingerprint density at radius 3 is 0.574 bits per heavy atom. The van der Waals surface area contributed by atoms with Crippen molar-refractivity contribution in [1.82, 2.24) is 0 Å². The molecular weight excluding hydrogens is 1710 g/mol. The molecule has 0 amide bonds. The highest BCUT2D eigenvalue weighted by atomic mass is 16.3. The number of hydrogen-bond acceptors (Lipinski definition) is 19. The second kappa shape index (κ2) is 40.8. The maximum Gasteiger partial charge on any atom is 0.130 e. The van der Waals surface area contributed by atoms with Gasteiger partial charge in [0.05, 0.1) is 16.2 Å². The standard InChI is InChI=1S/C38H32O6.C31H26O5.2C24H20O4/c39-31-9-1-23(2-10-31)17-27-21-29(19-25-5-13-33(41)14-6-25)37(43)36-35(27)28(18-24-3-11-32(40)12-4-24)22-30(38(36)44)20-26-7-15-34(42)16-8-26;32-25-8-1-19(2-9-25)15-22-7-14-28(35)30-29(22)23(16-20-3-10-26(33)11-4-20)18-24(31(30)36)17-21-5-12-27(34)13-6-21;25-19-7-1-15(2-8-19)13-17-5-11-21(27)24-22(28)12-6-18(23(17)24)14-16-3-9-20(26)10-4-16;25-19-5-1-15(2-6-19)11-18-13-17-14-21(27)9-10-22(17)23(24(18)28)12-16-3-7-20(26)8-4-16/h1-16,21-22,39-44H,17-20H2;1-14,18,32-36H,15-17H2;1-12,25-28H,13-14H2;1-10,13-14,25-28H,11-12H2. The Morgan fingerprint density at radius 1 is 0.125 bits per heavy atom. The molecule has 0 fully saturated rings. The third kappa shape index (κ3) is 22.2. The molecule has 136 heavy (non-hydrogen) atoms. The molecule has 0 aliphatic heterocycles. The minimum atomic E-state index is -0.0143. The molecule has 19 nitrogen and oxygen atoms in total. The topological polar surface area (TPSA) is 384 Å². The van der Waals surface area contributed by atoms with E-state index in [-0.39, 0.29) is 109 Å². The van der Waals surface area contributed by atoms with Crippen LogP contribution in [0.1, 0.15) is 122 Å². The lowest BCUT2D eigenvalue weighted by molar-refractivity contribution is 0.457. The van der Waals surface area contributed by atoms with Gasteiger partial charge in [0.2, 0.25) is 0 Å². The summed E-state index contributed by atoms with van der Waals surface area (Å²) in [7, 11) is 0. The highest BCUT2D eigenvalue weighted by Gasteiger charge is 2.26. The number of fused-ring (bicyclic) bond motifs is 4. The zero-order valence-corrected chi connectivity index (χ0v) is 73.7. The van der Waals surface area contributed by atoms with Crippen molar-refractivity contribution in [2.75, 3.05) is 0 Å². The number of aromatic hydroxyl groups is 19. The van der Waals surface area contributed by atoms with E-state index in [0.717, 1.165) is 133 Å². The van der Waals surface area contributed by atoms with Crippen LogP contribution in [-0.4, -0.2) is 97.0 Å².